The first-order valence-electron chi connectivity index (χ1n) is 6.47. The summed E-state index contributed by atoms with van der Waals surface area (Å²) in [6, 6.07) is 0. The molecule has 1 aliphatic carbocycles. The Hall–Kier alpha value is -1.10. The summed E-state index contributed by atoms with van der Waals surface area (Å²) >= 11 is 0. The Labute approximate surface area is 109 Å². The second kappa shape index (κ2) is 5.69. The van der Waals surface area contributed by atoms with Crippen molar-refractivity contribution in [3.63, 3.8) is 0 Å². The van der Waals surface area contributed by atoms with E-state index < -0.39 is 11.4 Å². The molecular weight excluding hydrogens is 232 g/mol. The van der Waals surface area contributed by atoms with Crippen molar-refractivity contribution in [3.8, 4) is 0 Å². The Morgan fingerprint density at radius 3 is 2.11 bits per heavy atom. The molecule has 104 valence electrons. The quantitative estimate of drug-likeness (QED) is 0.687. The molecule has 1 N–H and O–H groups in total. The van der Waals surface area contributed by atoms with Gasteiger partial charge < -0.3 is 14.9 Å². The maximum absolute atomic E-state index is 12.3. The molecular formula is C13H24N2O3. The number of nitrogens with zero attached hydrogens (tertiary/aromatic N) is 2. The first kappa shape index (κ1) is 15.0. The molecule has 0 atom stereocenters. The minimum absolute atomic E-state index is 0.203. The van der Waals surface area contributed by atoms with Gasteiger partial charge in [0.05, 0.1) is 0 Å². The number of likely N-dealkylation sites (N-methyl/N-ethyl adjacent to an activating group) is 1. The highest BCUT2D eigenvalue weighted by atomic mass is 16.4. The number of carboxylic acids is 1. The summed E-state index contributed by atoms with van der Waals surface area (Å²) in [5, 5.41) is 9.18. The topological polar surface area (TPSA) is 60.9 Å². The minimum atomic E-state index is -1.11. The van der Waals surface area contributed by atoms with Crippen molar-refractivity contribution in [3.05, 3.63) is 0 Å². The third-order valence-corrected chi connectivity index (χ3v) is 3.26. The van der Waals surface area contributed by atoms with E-state index in [2.05, 4.69) is 0 Å². The molecule has 18 heavy (non-hydrogen) atoms. The zero-order valence-corrected chi connectivity index (χ0v) is 11.8. The van der Waals surface area contributed by atoms with Gasteiger partial charge in [0.1, 0.15) is 5.41 Å². The number of hydrogen-bond acceptors (Lipinski definition) is 3. The third kappa shape index (κ3) is 3.45. The molecule has 0 aromatic carbocycles. The van der Waals surface area contributed by atoms with Crippen LogP contribution in [-0.4, -0.2) is 60.5 Å². The number of rotatable bonds is 7. The van der Waals surface area contributed by atoms with Crippen LogP contribution < -0.4 is 0 Å². The Balaban J connectivity index is 2.70. The van der Waals surface area contributed by atoms with Crippen LogP contribution in [0.4, 0.5) is 0 Å². The van der Waals surface area contributed by atoms with Crippen LogP contribution in [0.25, 0.3) is 0 Å². The molecule has 0 aliphatic heterocycles. The normalized spacial score (nSPS) is 17.0. The van der Waals surface area contributed by atoms with E-state index in [1.807, 2.05) is 32.8 Å². The van der Waals surface area contributed by atoms with Crippen molar-refractivity contribution in [1.82, 2.24) is 9.80 Å². The molecule has 1 rings (SSSR count). The maximum atomic E-state index is 12.3. The van der Waals surface area contributed by atoms with E-state index in [1.54, 1.807) is 4.90 Å². The van der Waals surface area contributed by atoms with Gasteiger partial charge in [0.25, 0.3) is 0 Å². The Bertz CT molecular complexity index is 322. The Morgan fingerprint density at radius 1 is 1.22 bits per heavy atom. The minimum Gasteiger partial charge on any atom is -0.480 e. The van der Waals surface area contributed by atoms with Crippen molar-refractivity contribution in [2.75, 3.05) is 33.7 Å². The molecule has 0 radical (unpaired) electrons. The fourth-order valence-electron chi connectivity index (χ4n) is 1.98. The number of hydrogen-bond donors (Lipinski definition) is 1. The molecule has 5 nitrogen and oxygen atoms in total. The lowest BCUT2D eigenvalue weighted by Crippen LogP contribution is -2.45. The number of aliphatic carboxylic acids is 1. The van der Waals surface area contributed by atoms with Crippen LogP contribution in [0, 0.1) is 11.3 Å². The lowest BCUT2D eigenvalue weighted by atomic mass is 10.0. The highest BCUT2D eigenvalue weighted by Crippen LogP contribution is 2.47. The predicted molar refractivity (Wildman–Crippen MR) is 69.3 cm³/mol. The summed E-state index contributed by atoms with van der Waals surface area (Å²) in [6.45, 7) is 6.06. The Morgan fingerprint density at radius 2 is 1.78 bits per heavy atom. The van der Waals surface area contributed by atoms with Crippen molar-refractivity contribution in [1.29, 1.82) is 0 Å². The highest BCUT2D eigenvalue weighted by Gasteiger charge is 2.58. The second-order valence-corrected chi connectivity index (χ2v) is 5.84. The van der Waals surface area contributed by atoms with Crippen LogP contribution in [0.1, 0.15) is 26.7 Å². The molecule has 0 unspecified atom stereocenters. The molecule has 1 amide bonds. The van der Waals surface area contributed by atoms with Gasteiger partial charge in [-0.25, -0.2) is 0 Å². The average molecular weight is 256 g/mol. The molecule has 0 aromatic rings. The van der Waals surface area contributed by atoms with Crippen molar-refractivity contribution in [2.24, 2.45) is 11.3 Å². The van der Waals surface area contributed by atoms with Gasteiger partial charge in [0.2, 0.25) is 5.91 Å². The zero-order chi connectivity index (χ0) is 13.9. The monoisotopic (exact) mass is 256 g/mol. The van der Waals surface area contributed by atoms with Gasteiger partial charge in [-0.3, -0.25) is 9.59 Å². The van der Waals surface area contributed by atoms with E-state index in [1.165, 1.54) is 0 Å². The van der Waals surface area contributed by atoms with Gasteiger partial charge in [0, 0.05) is 19.6 Å². The van der Waals surface area contributed by atoms with Crippen LogP contribution in [0.5, 0.6) is 0 Å². The van der Waals surface area contributed by atoms with Gasteiger partial charge in [-0.15, -0.1) is 0 Å². The lowest BCUT2D eigenvalue weighted by molar-refractivity contribution is -0.153. The van der Waals surface area contributed by atoms with E-state index in [0.717, 1.165) is 6.54 Å². The summed E-state index contributed by atoms with van der Waals surface area (Å²) in [7, 11) is 3.89. The fraction of sp³-hybridized carbons (Fsp3) is 0.846. The van der Waals surface area contributed by atoms with E-state index in [-0.39, 0.29) is 5.91 Å². The first-order chi connectivity index (χ1) is 8.29. The van der Waals surface area contributed by atoms with Crippen LogP contribution in [-0.2, 0) is 9.59 Å². The maximum Gasteiger partial charge on any atom is 0.319 e. The number of carboxylic acid groups (broad SMARTS) is 1. The second-order valence-electron chi connectivity index (χ2n) is 5.84. The highest BCUT2D eigenvalue weighted by molar-refractivity contribution is 6.04. The van der Waals surface area contributed by atoms with Crippen molar-refractivity contribution in [2.45, 2.75) is 26.7 Å². The summed E-state index contributed by atoms with van der Waals surface area (Å²) in [4.78, 5) is 27.3. The van der Waals surface area contributed by atoms with Crippen molar-refractivity contribution >= 4 is 11.9 Å². The SMILES string of the molecule is CC(C)CN(CCN(C)C)C(=O)C1(C(=O)O)CC1. The molecule has 1 aliphatic rings. The average Bonchev–Trinajstić information content (AvgIpc) is 3.03. The van der Waals surface area contributed by atoms with Crippen LogP contribution in [0.15, 0.2) is 0 Å². The van der Waals surface area contributed by atoms with E-state index in [4.69, 9.17) is 0 Å². The van der Waals surface area contributed by atoms with E-state index >= 15 is 0 Å². The molecule has 5 heteroatoms. The van der Waals surface area contributed by atoms with Crippen LogP contribution in [0.3, 0.4) is 0 Å². The third-order valence-electron chi connectivity index (χ3n) is 3.26. The molecule has 1 fully saturated rings. The van der Waals surface area contributed by atoms with Crippen LogP contribution >= 0.6 is 0 Å². The molecule has 0 bridgehead atoms. The number of amides is 1. The van der Waals surface area contributed by atoms with Gasteiger partial charge in [-0.1, -0.05) is 13.8 Å². The molecule has 0 heterocycles. The largest absolute Gasteiger partial charge is 0.480 e. The standard InChI is InChI=1S/C13H24N2O3/c1-10(2)9-15(8-7-14(3)4)11(16)13(5-6-13)12(17)18/h10H,5-9H2,1-4H3,(H,17,18). The number of carbonyl (C=O) groups excluding carboxylic acids is 1. The summed E-state index contributed by atoms with van der Waals surface area (Å²) in [5.41, 5.74) is -1.11. The van der Waals surface area contributed by atoms with Gasteiger partial charge in [-0.05, 0) is 32.9 Å². The molecule has 1 saturated carbocycles. The Kier molecular flexibility index (Phi) is 4.73. The fourth-order valence-corrected chi connectivity index (χ4v) is 1.98. The van der Waals surface area contributed by atoms with Gasteiger partial charge >= 0.3 is 5.97 Å². The van der Waals surface area contributed by atoms with Crippen molar-refractivity contribution < 1.29 is 14.7 Å². The predicted octanol–water partition coefficient (Wildman–Crippen LogP) is 0.897. The molecule has 0 saturated heterocycles. The summed E-state index contributed by atoms with van der Waals surface area (Å²) in [5.74, 6) is -0.822. The van der Waals surface area contributed by atoms with Gasteiger partial charge in [-0.2, -0.15) is 0 Å². The molecule has 0 aromatic heterocycles. The van der Waals surface area contributed by atoms with Crippen LogP contribution in [0.2, 0.25) is 0 Å². The summed E-state index contributed by atoms with van der Waals surface area (Å²) < 4.78 is 0. The van der Waals surface area contributed by atoms with Gasteiger partial charge in [0.15, 0.2) is 0 Å². The lowest BCUT2D eigenvalue weighted by Gasteiger charge is -2.28. The number of carbonyl (C=O) groups is 2. The smallest absolute Gasteiger partial charge is 0.319 e. The molecule has 0 spiro atoms. The summed E-state index contributed by atoms with van der Waals surface area (Å²) in [6.07, 6.45) is 0.968. The van der Waals surface area contributed by atoms with E-state index in [9.17, 15) is 14.7 Å². The van der Waals surface area contributed by atoms with E-state index in [0.29, 0.717) is 31.8 Å². The zero-order valence-electron chi connectivity index (χ0n) is 11.8. The first-order valence-corrected chi connectivity index (χ1v) is 6.47.